The monoisotopic (exact) mass is 374 g/mol. The van der Waals surface area contributed by atoms with Crippen LogP contribution in [0.2, 0.25) is 0 Å². The average Bonchev–Trinajstić information content (AvgIpc) is 3.36. The number of amides is 1. The van der Waals surface area contributed by atoms with Gasteiger partial charge in [-0.2, -0.15) is 5.10 Å². The second kappa shape index (κ2) is 6.90. The van der Waals surface area contributed by atoms with Gasteiger partial charge in [0.15, 0.2) is 0 Å². The molecular weight excluding hydrogens is 352 g/mol. The molecule has 4 rings (SSSR count). The number of carbonyl (C=O) groups is 1. The Morgan fingerprint density at radius 1 is 1.40 bits per heavy atom. The van der Waals surface area contributed by atoms with E-state index in [9.17, 15) is 4.79 Å². The van der Waals surface area contributed by atoms with Crippen molar-refractivity contribution in [1.29, 1.82) is 0 Å². The highest BCUT2D eigenvalue weighted by Crippen LogP contribution is 2.29. The van der Waals surface area contributed by atoms with Crippen LogP contribution >= 0.6 is 22.7 Å². The molecule has 0 saturated carbocycles. The highest BCUT2D eigenvalue weighted by atomic mass is 32.1. The first-order valence-electron chi connectivity index (χ1n) is 8.62. The summed E-state index contributed by atoms with van der Waals surface area (Å²) in [5, 5.41) is 10.8. The first-order valence-corrected chi connectivity index (χ1v) is 10.3. The van der Waals surface area contributed by atoms with Crippen molar-refractivity contribution in [1.82, 2.24) is 20.0 Å². The number of aryl methyl sites for hydroxylation is 2. The van der Waals surface area contributed by atoms with Crippen LogP contribution in [0.5, 0.6) is 0 Å². The molecule has 1 saturated heterocycles. The fourth-order valence-corrected chi connectivity index (χ4v) is 5.44. The minimum Gasteiger partial charge on any atom is -0.349 e. The largest absolute Gasteiger partial charge is 0.349 e. The molecule has 3 aromatic heterocycles. The number of rotatable bonds is 5. The second-order valence-electron chi connectivity index (χ2n) is 6.52. The van der Waals surface area contributed by atoms with Gasteiger partial charge in [0, 0.05) is 23.9 Å². The van der Waals surface area contributed by atoms with Gasteiger partial charge in [0.25, 0.3) is 5.91 Å². The van der Waals surface area contributed by atoms with Crippen LogP contribution in [-0.4, -0.2) is 40.2 Å². The molecule has 0 aromatic carbocycles. The maximum Gasteiger partial charge on any atom is 0.261 e. The van der Waals surface area contributed by atoms with Crippen molar-refractivity contribution in [2.75, 3.05) is 19.6 Å². The van der Waals surface area contributed by atoms with Gasteiger partial charge >= 0.3 is 0 Å². The minimum atomic E-state index is 0.0151. The quantitative estimate of drug-likeness (QED) is 0.743. The Labute approximate surface area is 155 Å². The smallest absolute Gasteiger partial charge is 0.261 e. The molecule has 5 nitrogen and oxygen atoms in total. The van der Waals surface area contributed by atoms with E-state index in [-0.39, 0.29) is 11.9 Å². The number of carbonyl (C=O) groups excluding carboxylic acids is 1. The Morgan fingerprint density at radius 3 is 2.88 bits per heavy atom. The summed E-state index contributed by atoms with van der Waals surface area (Å²) in [6.45, 7) is 4.88. The topological polar surface area (TPSA) is 50.2 Å². The minimum absolute atomic E-state index is 0.0151. The third-order valence-electron chi connectivity index (χ3n) is 4.83. The maximum atomic E-state index is 12.7. The predicted octanol–water partition coefficient (Wildman–Crippen LogP) is 3.57. The van der Waals surface area contributed by atoms with Crippen molar-refractivity contribution in [2.45, 2.75) is 25.8 Å². The third-order valence-corrected chi connectivity index (χ3v) is 7.00. The zero-order chi connectivity index (χ0) is 17.4. The normalized spacial score (nSPS) is 16.6. The number of aromatic nitrogens is 2. The van der Waals surface area contributed by atoms with E-state index in [0.717, 1.165) is 33.9 Å². The van der Waals surface area contributed by atoms with Crippen molar-refractivity contribution < 1.29 is 4.79 Å². The number of thiophene rings is 2. The van der Waals surface area contributed by atoms with E-state index >= 15 is 0 Å². The zero-order valence-corrected chi connectivity index (χ0v) is 16.1. The summed E-state index contributed by atoms with van der Waals surface area (Å²) in [5.74, 6) is 0.0151. The molecule has 1 unspecified atom stereocenters. The van der Waals surface area contributed by atoms with Gasteiger partial charge in [-0.05, 0) is 50.4 Å². The van der Waals surface area contributed by atoms with E-state index in [1.165, 1.54) is 29.1 Å². The number of nitrogens with one attached hydrogen (secondary N) is 1. The highest BCUT2D eigenvalue weighted by molar-refractivity contribution is 7.20. The van der Waals surface area contributed by atoms with Gasteiger partial charge in [0.1, 0.15) is 4.83 Å². The van der Waals surface area contributed by atoms with Gasteiger partial charge in [-0.3, -0.25) is 14.4 Å². The van der Waals surface area contributed by atoms with Crippen LogP contribution in [0.4, 0.5) is 0 Å². The number of hydrogen-bond donors (Lipinski definition) is 1. The summed E-state index contributed by atoms with van der Waals surface area (Å²) in [6.07, 6.45) is 2.50. The third kappa shape index (κ3) is 3.23. The van der Waals surface area contributed by atoms with Crippen molar-refractivity contribution in [3.05, 3.63) is 39.0 Å². The Kier molecular flexibility index (Phi) is 4.62. The summed E-state index contributed by atoms with van der Waals surface area (Å²) in [6, 6.07) is 6.51. The van der Waals surface area contributed by atoms with E-state index in [0.29, 0.717) is 6.54 Å². The number of likely N-dealkylation sites (tertiary alicyclic amines) is 1. The summed E-state index contributed by atoms with van der Waals surface area (Å²) in [7, 11) is 1.92. The summed E-state index contributed by atoms with van der Waals surface area (Å²) in [5.41, 5.74) is 0.973. The summed E-state index contributed by atoms with van der Waals surface area (Å²) < 4.78 is 1.85. The summed E-state index contributed by atoms with van der Waals surface area (Å²) >= 11 is 3.28. The standard InChI is InChI=1S/C18H22N4OS2/c1-12-13-10-16(25-18(13)21(2)20-12)17(23)19-11-14(15-6-5-9-24-15)22-7-3-4-8-22/h5-6,9-10,14H,3-4,7-8,11H2,1-2H3,(H,19,23). The Morgan fingerprint density at radius 2 is 2.20 bits per heavy atom. The predicted molar refractivity (Wildman–Crippen MR) is 104 cm³/mol. The lowest BCUT2D eigenvalue weighted by molar-refractivity contribution is 0.0942. The fourth-order valence-electron chi connectivity index (χ4n) is 3.54. The molecule has 0 spiro atoms. The molecule has 25 heavy (non-hydrogen) atoms. The number of fused-ring (bicyclic) bond motifs is 1. The molecule has 1 aliphatic rings. The zero-order valence-electron chi connectivity index (χ0n) is 14.5. The molecule has 1 amide bonds. The molecule has 4 heterocycles. The molecule has 0 aliphatic carbocycles. The lowest BCUT2D eigenvalue weighted by Gasteiger charge is -2.26. The Bertz CT molecular complexity index is 840. The van der Waals surface area contributed by atoms with Crippen LogP contribution in [-0.2, 0) is 7.05 Å². The molecule has 132 valence electrons. The molecule has 1 N–H and O–H groups in total. The van der Waals surface area contributed by atoms with E-state index in [1.54, 1.807) is 11.3 Å². The average molecular weight is 375 g/mol. The first-order chi connectivity index (χ1) is 12.1. The van der Waals surface area contributed by atoms with Gasteiger partial charge in [0.2, 0.25) is 0 Å². The lowest BCUT2D eigenvalue weighted by Crippen LogP contribution is -2.36. The first kappa shape index (κ1) is 16.8. The maximum absolute atomic E-state index is 12.7. The van der Waals surface area contributed by atoms with Crippen molar-refractivity contribution >= 4 is 38.8 Å². The van der Waals surface area contributed by atoms with E-state index in [1.807, 2.05) is 24.7 Å². The highest BCUT2D eigenvalue weighted by Gasteiger charge is 2.25. The Hall–Kier alpha value is -1.70. The van der Waals surface area contributed by atoms with Crippen LogP contribution < -0.4 is 5.32 Å². The molecule has 3 aromatic rings. The SMILES string of the molecule is Cc1nn(C)c2sc(C(=O)NCC(c3cccs3)N3CCCC3)cc12. The lowest BCUT2D eigenvalue weighted by atomic mass is 10.2. The fraction of sp³-hybridized carbons (Fsp3) is 0.444. The van der Waals surface area contributed by atoms with Gasteiger partial charge < -0.3 is 5.32 Å². The van der Waals surface area contributed by atoms with Gasteiger partial charge in [0.05, 0.1) is 16.6 Å². The van der Waals surface area contributed by atoms with Crippen LogP contribution in [0.3, 0.4) is 0 Å². The van der Waals surface area contributed by atoms with E-state index < -0.39 is 0 Å². The molecule has 1 aliphatic heterocycles. The Balaban J connectivity index is 1.49. The van der Waals surface area contributed by atoms with Crippen LogP contribution in [0.25, 0.3) is 10.2 Å². The molecule has 1 atom stereocenters. The molecular formula is C18H22N4OS2. The van der Waals surface area contributed by atoms with Crippen LogP contribution in [0.15, 0.2) is 23.6 Å². The summed E-state index contributed by atoms with van der Waals surface area (Å²) in [4.78, 5) is 18.3. The van der Waals surface area contributed by atoms with Gasteiger partial charge in [-0.1, -0.05) is 6.07 Å². The number of hydrogen-bond acceptors (Lipinski definition) is 5. The van der Waals surface area contributed by atoms with Gasteiger partial charge in [-0.25, -0.2) is 0 Å². The van der Waals surface area contributed by atoms with Crippen molar-refractivity contribution in [2.24, 2.45) is 7.05 Å². The molecule has 0 radical (unpaired) electrons. The van der Waals surface area contributed by atoms with E-state index in [2.05, 4.69) is 32.8 Å². The van der Waals surface area contributed by atoms with Crippen molar-refractivity contribution in [3.63, 3.8) is 0 Å². The molecule has 1 fully saturated rings. The van der Waals surface area contributed by atoms with Gasteiger partial charge in [-0.15, -0.1) is 22.7 Å². The number of nitrogens with zero attached hydrogens (tertiary/aromatic N) is 3. The molecule has 0 bridgehead atoms. The van der Waals surface area contributed by atoms with Crippen molar-refractivity contribution in [3.8, 4) is 0 Å². The second-order valence-corrected chi connectivity index (χ2v) is 8.53. The van der Waals surface area contributed by atoms with E-state index in [4.69, 9.17) is 0 Å². The van der Waals surface area contributed by atoms with Crippen LogP contribution in [0, 0.1) is 6.92 Å². The molecule has 7 heteroatoms. The van der Waals surface area contributed by atoms with Crippen LogP contribution in [0.1, 0.15) is 39.1 Å².